The van der Waals surface area contributed by atoms with Gasteiger partial charge in [-0.2, -0.15) is 0 Å². The molecule has 0 amide bonds. The van der Waals surface area contributed by atoms with Crippen molar-refractivity contribution in [3.8, 4) is 0 Å². The maximum atomic E-state index is 11.3. The molecule has 3 heteroatoms. The van der Waals surface area contributed by atoms with E-state index in [9.17, 15) is 9.90 Å². The van der Waals surface area contributed by atoms with Gasteiger partial charge in [-0.15, -0.1) is 0 Å². The van der Waals surface area contributed by atoms with Gasteiger partial charge in [0.05, 0.1) is 0 Å². The summed E-state index contributed by atoms with van der Waals surface area (Å²) in [5, 5.41) is 12.4. The Morgan fingerprint density at radius 1 is 1.10 bits per heavy atom. The Labute approximate surface area is 119 Å². The molecule has 2 aromatic rings. The van der Waals surface area contributed by atoms with Crippen LogP contribution in [0.5, 0.6) is 0 Å². The number of carboxylic acids is 1. The fourth-order valence-electron chi connectivity index (χ4n) is 2.14. The molecule has 0 aliphatic rings. The van der Waals surface area contributed by atoms with Gasteiger partial charge in [-0.05, 0) is 30.0 Å². The summed E-state index contributed by atoms with van der Waals surface area (Å²) in [5.74, 6) is -0.817. The lowest BCUT2D eigenvalue weighted by atomic mass is 10.0. The smallest absolute Gasteiger partial charge is 0.321 e. The van der Waals surface area contributed by atoms with Crippen molar-refractivity contribution in [2.24, 2.45) is 0 Å². The third kappa shape index (κ3) is 3.93. The van der Waals surface area contributed by atoms with E-state index in [-0.39, 0.29) is 0 Å². The zero-order valence-corrected chi connectivity index (χ0v) is 11.5. The van der Waals surface area contributed by atoms with Crippen LogP contribution >= 0.6 is 0 Å². The molecule has 0 aliphatic heterocycles. The predicted molar refractivity (Wildman–Crippen MR) is 79.6 cm³/mol. The van der Waals surface area contributed by atoms with Crippen molar-refractivity contribution in [2.75, 3.05) is 0 Å². The van der Waals surface area contributed by atoms with Crippen molar-refractivity contribution in [2.45, 2.75) is 25.9 Å². The third-order valence-electron chi connectivity index (χ3n) is 3.38. The van der Waals surface area contributed by atoms with E-state index in [1.54, 1.807) is 0 Å². The molecule has 0 fully saturated rings. The van der Waals surface area contributed by atoms with Crippen LogP contribution in [0, 0.1) is 6.92 Å². The summed E-state index contributed by atoms with van der Waals surface area (Å²) >= 11 is 0. The average Bonchev–Trinajstić information content (AvgIpc) is 2.46. The molecule has 2 N–H and O–H groups in total. The van der Waals surface area contributed by atoms with Crippen LogP contribution in [0.4, 0.5) is 0 Å². The van der Waals surface area contributed by atoms with Crippen LogP contribution in [-0.4, -0.2) is 17.1 Å². The van der Waals surface area contributed by atoms with Gasteiger partial charge in [0.15, 0.2) is 0 Å². The van der Waals surface area contributed by atoms with Crippen LogP contribution in [-0.2, 0) is 17.8 Å². The molecule has 0 radical (unpaired) electrons. The SMILES string of the molecule is Cc1ccccc1CNC(Cc1ccccc1)C(=O)O. The van der Waals surface area contributed by atoms with Crippen molar-refractivity contribution < 1.29 is 9.90 Å². The highest BCUT2D eigenvalue weighted by Crippen LogP contribution is 2.08. The fraction of sp³-hybridized carbons (Fsp3) is 0.235. The van der Waals surface area contributed by atoms with Crippen LogP contribution in [0.3, 0.4) is 0 Å². The minimum absolute atomic E-state index is 0.488. The van der Waals surface area contributed by atoms with E-state index in [0.29, 0.717) is 13.0 Å². The Morgan fingerprint density at radius 2 is 1.75 bits per heavy atom. The number of hydrogen-bond acceptors (Lipinski definition) is 2. The standard InChI is InChI=1S/C17H19NO2/c1-13-7-5-6-10-15(13)12-18-16(17(19)20)11-14-8-3-2-4-9-14/h2-10,16,18H,11-12H2,1H3,(H,19,20). The topological polar surface area (TPSA) is 49.3 Å². The Hall–Kier alpha value is -2.13. The Morgan fingerprint density at radius 3 is 2.40 bits per heavy atom. The highest BCUT2D eigenvalue weighted by Gasteiger charge is 2.17. The van der Waals surface area contributed by atoms with Gasteiger partial charge in [-0.3, -0.25) is 4.79 Å². The summed E-state index contributed by atoms with van der Waals surface area (Å²) in [4.78, 5) is 11.3. The van der Waals surface area contributed by atoms with E-state index in [4.69, 9.17) is 0 Å². The normalized spacial score (nSPS) is 12.1. The Balaban J connectivity index is 2.00. The molecule has 3 nitrogen and oxygen atoms in total. The number of nitrogens with one attached hydrogen (secondary N) is 1. The molecular weight excluding hydrogens is 250 g/mol. The Kier molecular flexibility index (Phi) is 4.91. The van der Waals surface area contributed by atoms with Gasteiger partial charge in [-0.1, -0.05) is 54.6 Å². The number of hydrogen-bond donors (Lipinski definition) is 2. The predicted octanol–water partition coefficient (Wildman–Crippen LogP) is 2.78. The molecule has 0 aromatic heterocycles. The first-order valence-electron chi connectivity index (χ1n) is 6.71. The second-order valence-electron chi connectivity index (χ2n) is 4.89. The molecular formula is C17H19NO2. The first-order chi connectivity index (χ1) is 9.66. The molecule has 1 unspecified atom stereocenters. The largest absolute Gasteiger partial charge is 0.480 e. The first kappa shape index (κ1) is 14.3. The summed E-state index contributed by atoms with van der Waals surface area (Å²) in [6, 6.07) is 17.1. The fourth-order valence-corrected chi connectivity index (χ4v) is 2.14. The number of rotatable bonds is 6. The van der Waals surface area contributed by atoms with E-state index in [1.807, 2.05) is 61.5 Å². The quantitative estimate of drug-likeness (QED) is 0.847. The van der Waals surface area contributed by atoms with Gasteiger partial charge in [0.2, 0.25) is 0 Å². The second kappa shape index (κ2) is 6.87. The zero-order chi connectivity index (χ0) is 14.4. The van der Waals surface area contributed by atoms with Gasteiger partial charge in [0, 0.05) is 6.54 Å². The number of benzene rings is 2. The van der Waals surface area contributed by atoms with Gasteiger partial charge >= 0.3 is 5.97 Å². The maximum Gasteiger partial charge on any atom is 0.321 e. The van der Waals surface area contributed by atoms with Crippen LogP contribution in [0.2, 0.25) is 0 Å². The molecule has 0 saturated carbocycles. The van der Waals surface area contributed by atoms with Gasteiger partial charge in [0.25, 0.3) is 0 Å². The van der Waals surface area contributed by atoms with Crippen molar-refractivity contribution in [3.05, 3.63) is 71.3 Å². The molecule has 1 atom stereocenters. The lowest BCUT2D eigenvalue weighted by molar-refractivity contribution is -0.139. The lowest BCUT2D eigenvalue weighted by Crippen LogP contribution is -2.38. The van der Waals surface area contributed by atoms with E-state index in [2.05, 4.69) is 5.32 Å². The molecule has 0 heterocycles. The van der Waals surface area contributed by atoms with Crippen LogP contribution < -0.4 is 5.32 Å². The summed E-state index contributed by atoms with van der Waals surface area (Å²) < 4.78 is 0. The number of carbonyl (C=O) groups is 1. The van der Waals surface area contributed by atoms with Crippen LogP contribution in [0.1, 0.15) is 16.7 Å². The van der Waals surface area contributed by atoms with E-state index in [0.717, 1.165) is 11.1 Å². The van der Waals surface area contributed by atoms with Crippen molar-refractivity contribution in [1.29, 1.82) is 0 Å². The van der Waals surface area contributed by atoms with Crippen molar-refractivity contribution in [3.63, 3.8) is 0 Å². The number of aliphatic carboxylic acids is 1. The van der Waals surface area contributed by atoms with Gasteiger partial charge in [0.1, 0.15) is 6.04 Å². The molecule has 0 aliphatic carbocycles. The summed E-state index contributed by atoms with van der Waals surface area (Å²) in [5.41, 5.74) is 3.33. The highest BCUT2D eigenvalue weighted by atomic mass is 16.4. The second-order valence-corrected chi connectivity index (χ2v) is 4.89. The monoisotopic (exact) mass is 269 g/mol. The summed E-state index contributed by atoms with van der Waals surface area (Å²) in [7, 11) is 0. The van der Waals surface area contributed by atoms with Crippen molar-refractivity contribution >= 4 is 5.97 Å². The molecule has 0 spiro atoms. The van der Waals surface area contributed by atoms with Gasteiger partial charge < -0.3 is 10.4 Å². The number of carboxylic acid groups (broad SMARTS) is 1. The average molecular weight is 269 g/mol. The summed E-state index contributed by atoms with van der Waals surface area (Å²) in [6.45, 7) is 2.60. The zero-order valence-electron chi connectivity index (χ0n) is 11.5. The molecule has 2 rings (SSSR count). The Bertz CT molecular complexity index is 566. The van der Waals surface area contributed by atoms with Crippen LogP contribution in [0.25, 0.3) is 0 Å². The first-order valence-corrected chi connectivity index (χ1v) is 6.71. The third-order valence-corrected chi connectivity index (χ3v) is 3.38. The molecule has 0 saturated heterocycles. The molecule has 20 heavy (non-hydrogen) atoms. The highest BCUT2D eigenvalue weighted by molar-refractivity contribution is 5.73. The van der Waals surface area contributed by atoms with E-state index >= 15 is 0 Å². The molecule has 0 bridgehead atoms. The minimum atomic E-state index is -0.817. The lowest BCUT2D eigenvalue weighted by Gasteiger charge is -2.15. The van der Waals surface area contributed by atoms with E-state index < -0.39 is 12.0 Å². The van der Waals surface area contributed by atoms with Crippen LogP contribution in [0.15, 0.2) is 54.6 Å². The van der Waals surface area contributed by atoms with E-state index in [1.165, 1.54) is 5.56 Å². The maximum absolute atomic E-state index is 11.3. The minimum Gasteiger partial charge on any atom is -0.480 e. The van der Waals surface area contributed by atoms with Crippen molar-refractivity contribution in [1.82, 2.24) is 5.32 Å². The molecule has 2 aromatic carbocycles. The van der Waals surface area contributed by atoms with Gasteiger partial charge in [-0.25, -0.2) is 0 Å². The number of aryl methyl sites for hydroxylation is 1. The molecule has 104 valence electrons. The summed E-state index contributed by atoms with van der Waals surface area (Å²) in [6.07, 6.45) is 0.488.